The van der Waals surface area contributed by atoms with Gasteiger partial charge in [0.1, 0.15) is 18.2 Å². The van der Waals surface area contributed by atoms with E-state index in [0.29, 0.717) is 28.6 Å². The number of anilines is 1. The van der Waals surface area contributed by atoms with Gasteiger partial charge < -0.3 is 10.1 Å². The normalized spacial score (nSPS) is 10.7. The number of halogens is 2. The summed E-state index contributed by atoms with van der Waals surface area (Å²) in [6.07, 6.45) is 1.51. The number of hydrogen-bond donors (Lipinski definition) is 2. The molecular formula is C28H21ClFN3O3. The first-order valence-corrected chi connectivity index (χ1v) is 11.3. The molecule has 0 heterocycles. The lowest BCUT2D eigenvalue weighted by Crippen LogP contribution is -2.18. The summed E-state index contributed by atoms with van der Waals surface area (Å²) in [6, 6.07) is 26.6. The molecule has 0 aromatic heterocycles. The monoisotopic (exact) mass is 501 g/mol. The lowest BCUT2D eigenvalue weighted by atomic mass is 10.1. The number of hydrogen-bond acceptors (Lipinski definition) is 4. The molecule has 0 aliphatic heterocycles. The van der Waals surface area contributed by atoms with Gasteiger partial charge in [-0.2, -0.15) is 5.10 Å². The molecule has 2 amide bonds. The van der Waals surface area contributed by atoms with Crippen LogP contribution in [0.2, 0.25) is 5.02 Å². The number of rotatable bonds is 8. The van der Waals surface area contributed by atoms with Gasteiger partial charge in [0.25, 0.3) is 11.8 Å². The van der Waals surface area contributed by atoms with Crippen molar-refractivity contribution in [3.05, 3.63) is 130 Å². The first kappa shape index (κ1) is 24.6. The highest BCUT2D eigenvalue weighted by molar-refractivity contribution is 6.30. The van der Waals surface area contributed by atoms with Gasteiger partial charge in [-0.3, -0.25) is 9.59 Å². The molecular weight excluding hydrogens is 481 g/mol. The number of benzene rings is 4. The van der Waals surface area contributed by atoms with Gasteiger partial charge in [-0.15, -0.1) is 0 Å². The van der Waals surface area contributed by atoms with Crippen LogP contribution in [-0.2, 0) is 6.61 Å². The van der Waals surface area contributed by atoms with E-state index in [4.69, 9.17) is 16.3 Å². The molecule has 180 valence electrons. The van der Waals surface area contributed by atoms with E-state index in [0.717, 1.165) is 11.1 Å². The van der Waals surface area contributed by atoms with Crippen molar-refractivity contribution in [2.45, 2.75) is 6.61 Å². The van der Waals surface area contributed by atoms with Gasteiger partial charge in [0, 0.05) is 16.3 Å². The highest BCUT2D eigenvalue weighted by Crippen LogP contribution is 2.16. The van der Waals surface area contributed by atoms with E-state index in [2.05, 4.69) is 15.8 Å². The average Bonchev–Trinajstić information content (AvgIpc) is 2.89. The molecule has 0 saturated heterocycles. The Hall–Kier alpha value is -4.49. The van der Waals surface area contributed by atoms with Crippen LogP contribution in [0.15, 0.2) is 102 Å². The summed E-state index contributed by atoms with van der Waals surface area (Å²) >= 11 is 5.90. The Morgan fingerprint density at radius 1 is 0.889 bits per heavy atom. The van der Waals surface area contributed by atoms with Gasteiger partial charge in [0.2, 0.25) is 0 Å². The van der Waals surface area contributed by atoms with E-state index in [1.807, 2.05) is 30.3 Å². The van der Waals surface area contributed by atoms with Crippen LogP contribution >= 0.6 is 11.6 Å². The van der Waals surface area contributed by atoms with E-state index in [1.54, 1.807) is 36.4 Å². The zero-order valence-corrected chi connectivity index (χ0v) is 19.7. The van der Waals surface area contributed by atoms with Crippen LogP contribution in [0, 0.1) is 5.82 Å². The number of ether oxygens (including phenoxy) is 1. The van der Waals surface area contributed by atoms with Crippen LogP contribution in [-0.4, -0.2) is 18.0 Å². The number of amides is 2. The minimum atomic E-state index is -0.609. The predicted octanol–water partition coefficient (Wildman–Crippen LogP) is 6.07. The van der Waals surface area contributed by atoms with Crippen molar-refractivity contribution in [3.8, 4) is 5.75 Å². The molecule has 4 aromatic carbocycles. The molecule has 0 fully saturated rings. The quantitative estimate of drug-likeness (QED) is 0.227. The van der Waals surface area contributed by atoms with Crippen molar-refractivity contribution in [2.24, 2.45) is 5.10 Å². The van der Waals surface area contributed by atoms with Gasteiger partial charge in [-0.05, 0) is 71.8 Å². The molecule has 36 heavy (non-hydrogen) atoms. The SMILES string of the molecule is O=C(N/N=C\c1cccc(OCc2ccc(Cl)cc2)c1)c1ccc(NC(=O)c2ccccc2F)cc1. The first-order chi connectivity index (χ1) is 17.5. The molecule has 0 bridgehead atoms. The fraction of sp³-hybridized carbons (Fsp3) is 0.0357. The largest absolute Gasteiger partial charge is 0.489 e. The van der Waals surface area contributed by atoms with Crippen LogP contribution in [0.1, 0.15) is 31.8 Å². The van der Waals surface area contributed by atoms with Crippen molar-refractivity contribution < 1.29 is 18.7 Å². The Morgan fingerprint density at radius 3 is 2.39 bits per heavy atom. The van der Waals surface area contributed by atoms with E-state index in [1.165, 1.54) is 36.5 Å². The zero-order valence-electron chi connectivity index (χ0n) is 18.9. The van der Waals surface area contributed by atoms with Crippen molar-refractivity contribution >= 4 is 35.3 Å². The van der Waals surface area contributed by atoms with Crippen LogP contribution in [0.5, 0.6) is 5.75 Å². The Balaban J connectivity index is 1.29. The van der Waals surface area contributed by atoms with Crippen molar-refractivity contribution in [1.29, 1.82) is 0 Å². The minimum absolute atomic E-state index is 0.0619. The summed E-state index contributed by atoms with van der Waals surface area (Å²) < 4.78 is 19.6. The van der Waals surface area contributed by atoms with Crippen molar-refractivity contribution in [1.82, 2.24) is 5.43 Å². The third-order valence-corrected chi connectivity index (χ3v) is 5.33. The van der Waals surface area contributed by atoms with Crippen LogP contribution in [0.3, 0.4) is 0 Å². The minimum Gasteiger partial charge on any atom is -0.489 e. The van der Waals surface area contributed by atoms with Crippen molar-refractivity contribution in [3.63, 3.8) is 0 Å². The van der Waals surface area contributed by atoms with Gasteiger partial charge >= 0.3 is 0 Å². The lowest BCUT2D eigenvalue weighted by Gasteiger charge is -2.07. The standard InChI is InChI=1S/C28H21ClFN3O3/c29-22-12-8-19(9-13-22)18-36-24-5-3-4-20(16-24)17-31-33-27(34)21-10-14-23(15-11-21)32-28(35)25-6-1-2-7-26(25)30/h1-17H,18H2,(H,32,35)(H,33,34)/b31-17-. The Morgan fingerprint density at radius 2 is 1.64 bits per heavy atom. The molecule has 0 atom stereocenters. The number of nitrogens with one attached hydrogen (secondary N) is 2. The van der Waals surface area contributed by atoms with Crippen LogP contribution in [0.4, 0.5) is 10.1 Å². The number of nitrogens with zero attached hydrogens (tertiary/aromatic N) is 1. The van der Waals surface area contributed by atoms with Gasteiger partial charge in [-0.1, -0.05) is 48.0 Å². The second-order valence-electron chi connectivity index (χ2n) is 7.70. The molecule has 0 unspecified atom stereocenters. The number of carbonyl (C=O) groups excluding carboxylic acids is 2. The maximum absolute atomic E-state index is 13.8. The smallest absolute Gasteiger partial charge is 0.271 e. The molecule has 6 nitrogen and oxygen atoms in total. The predicted molar refractivity (Wildman–Crippen MR) is 138 cm³/mol. The second-order valence-corrected chi connectivity index (χ2v) is 8.13. The second kappa shape index (κ2) is 11.8. The van der Waals surface area contributed by atoms with Gasteiger partial charge in [-0.25, -0.2) is 9.82 Å². The lowest BCUT2D eigenvalue weighted by molar-refractivity contribution is 0.0954. The Kier molecular flexibility index (Phi) is 8.05. The molecule has 0 aliphatic rings. The van der Waals surface area contributed by atoms with Crippen LogP contribution in [0.25, 0.3) is 0 Å². The Bertz CT molecular complexity index is 1390. The highest BCUT2D eigenvalue weighted by atomic mass is 35.5. The molecule has 4 rings (SSSR count). The van der Waals surface area contributed by atoms with E-state index in [9.17, 15) is 14.0 Å². The first-order valence-electron chi connectivity index (χ1n) is 10.9. The number of carbonyl (C=O) groups is 2. The Labute approximate surface area is 212 Å². The molecule has 0 spiro atoms. The molecule has 0 radical (unpaired) electrons. The molecule has 4 aromatic rings. The highest BCUT2D eigenvalue weighted by Gasteiger charge is 2.11. The fourth-order valence-electron chi connectivity index (χ4n) is 3.21. The molecule has 8 heteroatoms. The van der Waals surface area contributed by atoms with E-state index in [-0.39, 0.29) is 5.56 Å². The molecule has 0 aliphatic carbocycles. The van der Waals surface area contributed by atoms with Gasteiger partial charge in [0.05, 0.1) is 11.8 Å². The summed E-state index contributed by atoms with van der Waals surface area (Å²) in [5, 5.41) is 7.27. The summed E-state index contributed by atoms with van der Waals surface area (Å²) in [5.74, 6) is -0.946. The van der Waals surface area contributed by atoms with Gasteiger partial charge in [0.15, 0.2) is 0 Å². The van der Waals surface area contributed by atoms with E-state index >= 15 is 0 Å². The summed E-state index contributed by atoms with van der Waals surface area (Å²) in [6.45, 7) is 0.394. The fourth-order valence-corrected chi connectivity index (χ4v) is 3.34. The maximum Gasteiger partial charge on any atom is 0.271 e. The maximum atomic E-state index is 13.8. The number of hydrazone groups is 1. The molecule has 2 N–H and O–H groups in total. The summed E-state index contributed by atoms with van der Waals surface area (Å²) in [4.78, 5) is 24.6. The topological polar surface area (TPSA) is 79.8 Å². The van der Waals surface area contributed by atoms with E-state index < -0.39 is 17.6 Å². The molecule has 0 saturated carbocycles. The van der Waals surface area contributed by atoms with Crippen molar-refractivity contribution in [2.75, 3.05) is 5.32 Å². The zero-order chi connectivity index (χ0) is 25.3. The third-order valence-electron chi connectivity index (χ3n) is 5.08. The summed E-state index contributed by atoms with van der Waals surface area (Å²) in [7, 11) is 0. The van der Waals surface area contributed by atoms with Crippen LogP contribution < -0.4 is 15.5 Å². The average molecular weight is 502 g/mol. The summed E-state index contributed by atoms with van der Waals surface area (Å²) in [5.41, 5.74) is 4.91. The third kappa shape index (κ3) is 6.77.